The van der Waals surface area contributed by atoms with Crippen molar-refractivity contribution in [2.45, 2.75) is 12.5 Å². The van der Waals surface area contributed by atoms with Gasteiger partial charge in [-0.05, 0) is 23.8 Å². The third-order valence-corrected chi connectivity index (χ3v) is 3.54. The monoisotopic (exact) mass is 319 g/mol. The van der Waals surface area contributed by atoms with Crippen LogP contribution in [0.1, 0.15) is 5.56 Å². The van der Waals surface area contributed by atoms with Crippen LogP contribution in [-0.4, -0.2) is 28.1 Å². The van der Waals surface area contributed by atoms with Crippen LogP contribution in [0.15, 0.2) is 36.5 Å². The van der Waals surface area contributed by atoms with Crippen LogP contribution >= 0.6 is 0 Å². The number of anilines is 2. The van der Waals surface area contributed by atoms with Gasteiger partial charge in [-0.2, -0.15) is 0 Å². The molecule has 6 nitrogen and oxygen atoms in total. The number of carbonyl (C=O) groups is 2. The van der Waals surface area contributed by atoms with Gasteiger partial charge in [0.2, 0.25) is 5.91 Å². The average Bonchev–Trinajstić information content (AvgIpc) is 2.90. The molecule has 0 bridgehead atoms. The van der Waals surface area contributed by atoms with Crippen molar-refractivity contribution in [1.29, 1.82) is 0 Å². The lowest BCUT2D eigenvalue weighted by Gasteiger charge is -2.21. The first-order valence-electron chi connectivity index (χ1n) is 6.70. The Hall–Kier alpha value is -3.03. The van der Waals surface area contributed by atoms with Crippen molar-refractivity contribution in [2.75, 3.05) is 10.2 Å². The molecule has 23 heavy (non-hydrogen) atoms. The first kappa shape index (κ1) is 14.9. The molecule has 3 rings (SSSR count). The number of nitrogens with zero attached hydrogens (tertiary/aromatic N) is 2. The largest absolute Gasteiger partial charge is 0.465 e. The SMILES string of the molecule is O=C(Nc1c(F)cccc1F)C1Cc2cccnc2N1C(=O)O. The maximum Gasteiger partial charge on any atom is 0.413 e. The number of hydrogen-bond donors (Lipinski definition) is 2. The summed E-state index contributed by atoms with van der Waals surface area (Å²) in [4.78, 5) is 28.5. The Bertz CT molecular complexity index is 777. The number of benzene rings is 1. The highest BCUT2D eigenvalue weighted by atomic mass is 19.1. The third kappa shape index (κ3) is 2.59. The minimum atomic E-state index is -1.36. The molecule has 2 aromatic rings. The summed E-state index contributed by atoms with van der Waals surface area (Å²) >= 11 is 0. The van der Waals surface area contributed by atoms with Gasteiger partial charge >= 0.3 is 6.09 Å². The van der Waals surface area contributed by atoms with Crippen molar-refractivity contribution in [1.82, 2.24) is 4.98 Å². The van der Waals surface area contributed by atoms with Crippen LogP contribution in [0.2, 0.25) is 0 Å². The van der Waals surface area contributed by atoms with Gasteiger partial charge in [-0.25, -0.2) is 23.5 Å². The van der Waals surface area contributed by atoms with E-state index in [2.05, 4.69) is 10.3 Å². The number of pyridine rings is 1. The Morgan fingerprint density at radius 1 is 1.22 bits per heavy atom. The van der Waals surface area contributed by atoms with E-state index in [0.717, 1.165) is 17.0 Å². The number of fused-ring (bicyclic) bond motifs is 1. The molecule has 0 aliphatic carbocycles. The molecule has 0 spiro atoms. The van der Waals surface area contributed by atoms with E-state index in [4.69, 9.17) is 0 Å². The van der Waals surface area contributed by atoms with Gasteiger partial charge in [-0.3, -0.25) is 4.79 Å². The van der Waals surface area contributed by atoms with Crippen molar-refractivity contribution in [3.05, 3.63) is 53.7 Å². The fourth-order valence-corrected chi connectivity index (χ4v) is 2.51. The number of carbonyl (C=O) groups excluding carboxylic acids is 1. The number of aromatic nitrogens is 1. The maximum absolute atomic E-state index is 13.6. The summed E-state index contributed by atoms with van der Waals surface area (Å²) in [7, 11) is 0. The van der Waals surface area contributed by atoms with E-state index >= 15 is 0 Å². The number of hydrogen-bond acceptors (Lipinski definition) is 3. The van der Waals surface area contributed by atoms with Gasteiger partial charge in [0.1, 0.15) is 29.2 Å². The molecule has 8 heteroatoms. The smallest absolute Gasteiger partial charge is 0.413 e. The summed E-state index contributed by atoms with van der Waals surface area (Å²) in [6.45, 7) is 0. The van der Waals surface area contributed by atoms with E-state index in [1.54, 1.807) is 12.1 Å². The maximum atomic E-state index is 13.6. The predicted molar refractivity (Wildman–Crippen MR) is 77.2 cm³/mol. The predicted octanol–water partition coefficient (Wildman–Crippen LogP) is 2.41. The molecule has 1 unspecified atom stereocenters. The van der Waals surface area contributed by atoms with Crippen LogP contribution in [0.3, 0.4) is 0 Å². The lowest BCUT2D eigenvalue weighted by Crippen LogP contribution is -2.45. The van der Waals surface area contributed by atoms with E-state index in [9.17, 15) is 23.5 Å². The van der Waals surface area contributed by atoms with Crippen molar-refractivity contribution >= 4 is 23.5 Å². The summed E-state index contributed by atoms with van der Waals surface area (Å²) < 4.78 is 27.2. The quantitative estimate of drug-likeness (QED) is 0.890. The first-order valence-corrected chi connectivity index (χ1v) is 6.70. The number of para-hydroxylation sites is 1. The standard InChI is InChI=1S/C15H11F2N3O3/c16-9-4-1-5-10(17)12(9)19-14(21)11-7-8-3-2-6-18-13(8)20(11)15(22)23/h1-6,11H,7H2,(H,19,21)(H,22,23). The highest BCUT2D eigenvalue weighted by Crippen LogP contribution is 2.31. The number of carboxylic acid groups (broad SMARTS) is 1. The Balaban J connectivity index is 1.90. The minimum absolute atomic E-state index is 0.0807. The molecule has 0 radical (unpaired) electrons. The molecule has 1 aromatic carbocycles. The van der Waals surface area contributed by atoms with Gasteiger partial charge in [-0.1, -0.05) is 12.1 Å². The van der Waals surface area contributed by atoms with Crippen molar-refractivity contribution in [3.63, 3.8) is 0 Å². The number of amides is 2. The number of nitrogens with one attached hydrogen (secondary N) is 1. The van der Waals surface area contributed by atoms with Crippen LogP contribution < -0.4 is 10.2 Å². The van der Waals surface area contributed by atoms with Gasteiger partial charge in [0.25, 0.3) is 0 Å². The van der Waals surface area contributed by atoms with Gasteiger partial charge in [0.15, 0.2) is 0 Å². The molecule has 1 aliphatic heterocycles. The Morgan fingerprint density at radius 3 is 2.57 bits per heavy atom. The fraction of sp³-hybridized carbons (Fsp3) is 0.133. The highest BCUT2D eigenvalue weighted by Gasteiger charge is 2.39. The summed E-state index contributed by atoms with van der Waals surface area (Å²) in [5.41, 5.74) is -0.0317. The lowest BCUT2D eigenvalue weighted by molar-refractivity contribution is -0.117. The second kappa shape index (κ2) is 5.64. The lowest BCUT2D eigenvalue weighted by atomic mass is 10.1. The Kier molecular flexibility index (Phi) is 3.65. The van der Waals surface area contributed by atoms with E-state index in [-0.39, 0.29) is 12.2 Å². The van der Waals surface area contributed by atoms with Crippen LogP contribution in [-0.2, 0) is 11.2 Å². The van der Waals surface area contributed by atoms with E-state index in [0.29, 0.717) is 5.56 Å². The summed E-state index contributed by atoms with van der Waals surface area (Å²) in [5, 5.41) is 11.4. The molecular formula is C15H11F2N3O3. The van der Waals surface area contributed by atoms with Crippen molar-refractivity contribution < 1.29 is 23.5 Å². The molecule has 0 saturated heterocycles. The van der Waals surface area contributed by atoms with Gasteiger partial charge in [-0.15, -0.1) is 0 Å². The second-order valence-corrected chi connectivity index (χ2v) is 4.94. The first-order chi connectivity index (χ1) is 11.0. The van der Waals surface area contributed by atoms with E-state index in [1.165, 1.54) is 12.3 Å². The zero-order valence-corrected chi connectivity index (χ0v) is 11.7. The normalized spacial score (nSPS) is 16.1. The topological polar surface area (TPSA) is 82.5 Å². The third-order valence-electron chi connectivity index (χ3n) is 3.54. The molecule has 0 saturated carbocycles. The molecule has 118 valence electrons. The van der Waals surface area contributed by atoms with Crippen LogP contribution in [0, 0.1) is 11.6 Å². The van der Waals surface area contributed by atoms with Gasteiger partial charge in [0.05, 0.1) is 0 Å². The zero-order valence-electron chi connectivity index (χ0n) is 11.7. The van der Waals surface area contributed by atoms with E-state index < -0.39 is 35.4 Å². The molecular weight excluding hydrogens is 308 g/mol. The summed E-state index contributed by atoms with van der Waals surface area (Å²) in [6.07, 6.45) is 0.125. The second-order valence-electron chi connectivity index (χ2n) is 4.94. The average molecular weight is 319 g/mol. The number of halogens is 2. The van der Waals surface area contributed by atoms with E-state index in [1.807, 2.05) is 0 Å². The van der Waals surface area contributed by atoms with Crippen molar-refractivity contribution in [3.8, 4) is 0 Å². The van der Waals surface area contributed by atoms with Gasteiger partial charge in [0, 0.05) is 12.6 Å². The van der Waals surface area contributed by atoms with Crippen molar-refractivity contribution in [2.24, 2.45) is 0 Å². The zero-order chi connectivity index (χ0) is 16.6. The van der Waals surface area contributed by atoms with Crippen LogP contribution in [0.5, 0.6) is 0 Å². The molecule has 0 fully saturated rings. The highest BCUT2D eigenvalue weighted by molar-refractivity contribution is 6.04. The Morgan fingerprint density at radius 2 is 1.91 bits per heavy atom. The molecule has 1 aromatic heterocycles. The number of rotatable bonds is 2. The van der Waals surface area contributed by atoms with Gasteiger partial charge < -0.3 is 10.4 Å². The van der Waals surface area contributed by atoms with Crippen LogP contribution in [0.25, 0.3) is 0 Å². The summed E-state index contributed by atoms with van der Waals surface area (Å²) in [6, 6.07) is 5.29. The summed E-state index contributed by atoms with van der Waals surface area (Å²) in [5.74, 6) is -2.55. The Labute approximate surface area is 129 Å². The molecule has 1 atom stereocenters. The molecule has 1 aliphatic rings. The fourth-order valence-electron chi connectivity index (χ4n) is 2.51. The molecule has 2 amide bonds. The van der Waals surface area contributed by atoms with Crippen LogP contribution in [0.4, 0.5) is 25.1 Å². The minimum Gasteiger partial charge on any atom is -0.465 e. The molecule has 2 heterocycles. The molecule has 2 N–H and O–H groups in total.